The van der Waals surface area contributed by atoms with E-state index in [9.17, 15) is 0 Å². The van der Waals surface area contributed by atoms with Crippen LogP contribution in [0.25, 0.3) is 0 Å². The highest BCUT2D eigenvalue weighted by Crippen LogP contribution is 2.28. The van der Waals surface area contributed by atoms with Crippen molar-refractivity contribution in [3.05, 3.63) is 35.4 Å². The number of nitrogens with zero attached hydrogens (tertiary/aromatic N) is 1. The molecule has 0 radical (unpaired) electrons. The molecule has 1 aromatic carbocycles. The SMILES string of the molecule is CN=C(NCc1ccccc1C)NC1CC1C.I. The first-order valence-corrected chi connectivity index (χ1v) is 6.22. The van der Waals surface area contributed by atoms with E-state index in [2.05, 4.69) is 53.7 Å². The van der Waals surface area contributed by atoms with Crippen LogP contribution in [0.15, 0.2) is 29.3 Å². The number of aryl methyl sites for hydroxylation is 1. The van der Waals surface area contributed by atoms with Gasteiger partial charge >= 0.3 is 0 Å². The molecule has 1 saturated carbocycles. The summed E-state index contributed by atoms with van der Waals surface area (Å²) >= 11 is 0. The molecule has 1 aliphatic rings. The third-order valence-corrected chi connectivity index (χ3v) is 3.36. The second kappa shape index (κ2) is 6.97. The summed E-state index contributed by atoms with van der Waals surface area (Å²) in [6.07, 6.45) is 1.26. The average molecular weight is 359 g/mol. The minimum Gasteiger partial charge on any atom is -0.353 e. The summed E-state index contributed by atoms with van der Waals surface area (Å²) in [6, 6.07) is 9.03. The fraction of sp³-hybridized carbons (Fsp3) is 0.500. The van der Waals surface area contributed by atoms with Gasteiger partial charge in [0.1, 0.15) is 0 Å². The van der Waals surface area contributed by atoms with Gasteiger partial charge in [-0.25, -0.2) is 0 Å². The van der Waals surface area contributed by atoms with E-state index >= 15 is 0 Å². The first-order chi connectivity index (χ1) is 8.20. The predicted molar refractivity (Wildman–Crippen MR) is 87.5 cm³/mol. The van der Waals surface area contributed by atoms with Gasteiger partial charge in [0.2, 0.25) is 0 Å². The molecule has 18 heavy (non-hydrogen) atoms. The third-order valence-electron chi connectivity index (χ3n) is 3.36. The Kier molecular flexibility index (Phi) is 5.91. The first-order valence-electron chi connectivity index (χ1n) is 6.22. The van der Waals surface area contributed by atoms with Crippen LogP contribution in [0.2, 0.25) is 0 Å². The molecule has 100 valence electrons. The number of guanidine groups is 1. The minimum atomic E-state index is 0. The largest absolute Gasteiger partial charge is 0.353 e. The second-order valence-electron chi connectivity index (χ2n) is 4.82. The first kappa shape index (κ1) is 15.3. The standard InChI is InChI=1S/C14H21N3.HI/c1-10-6-4-5-7-12(10)9-16-14(15-3)17-13-8-11(13)2;/h4-7,11,13H,8-9H2,1-3H3,(H2,15,16,17);1H. The van der Waals surface area contributed by atoms with E-state index < -0.39 is 0 Å². The lowest BCUT2D eigenvalue weighted by Gasteiger charge is -2.12. The van der Waals surface area contributed by atoms with E-state index in [1.807, 2.05) is 7.05 Å². The molecule has 4 heteroatoms. The zero-order chi connectivity index (χ0) is 12.3. The number of rotatable bonds is 3. The number of hydrogen-bond donors (Lipinski definition) is 2. The zero-order valence-corrected chi connectivity index (χ0v) is 13.6. The van der Waals surface area contributed by atoms with Crippen LogP contribution in [-0.2, 0) is 6.54 Å². The van der Waals surface area contributed by atoms with Gasteiger partial charge in [0, 0.05) is 19.6 Å². The van der Waals surface area contributed by atoms with Gasteiger partial charge in [-0.3, -0.25) is 4.99 Å². The van der Waals surface area contributed by atoms with Crippen LogP contribution < -0.4 is 10.6 Å². The predicted octanol–water partition coefficient (Wildman–Crippen LogP) is 2.69. The van der Waals surface area contributed by atoms with Crippen molar-refractivity contribution >= 4 is 29.9 Å². The van der Waals surface area contributed by atoms with Crippen molar-refractivity contribution in [3.8, 4) is 0 Å². The van der Waals surface area contributed by atoms with E-state index in [0.29, 0.717) is 6.04 Å². The molecule has 2 atom stereocenters. The summed E-state index contributed by atoms with van der Waals surface area (Å²) < 4.78 is 0. The number of halogens is 1. The number of benzene rings is 1. The van der Waals surface area contributed by atoms with Gasteiger partial charge in [0.05, 0.1) is 0 Å². The monoisotopic (exact) mass is 359 g/mol. The van der Waals surface area contributed by atoms with Gasteiger partial charge in [-0.05, 0) is 30.4 Å². The quantitative estimate of drug-likeness (QED) is 0.495. The van der Waals surface area contributed by atoms with Crippen molar-refractivity contribution in [2.45, 2.75) is 32.9 Å². The maximum absolute atomic E-state index is 4.24. The molecule has 0 amide bonds. The summed E-state index contributed by atoms with van der Waals surface area (Å²) in [7, 11) is 1.82. The van der Waals surface area contributed by atoms with E-state index in [-0.39, 0.29) is 24.0 Å². The summed E-state index contributed by atoms with van der Waals surface area (Å²) in [6.45, 7) is 5.22. The Labute approximate surface area is 126 Å². The lowest BCUT2D eigenvalue weighted by Crippen LogP contribution is -2.38. The van der Waals surface area contributed by atoms with Crippen LogP contribution in [0.1, 0.15) is 24.5 Å². The normalized spacial score (nSPS) is 22.1. The van der Waals surface area contributed by atoms with Gasteiger partial charge in [-0.15, -0.1) is 24.0 Å². The van der Waals surface area contributed by atoms with Crippen molar-refractivity contribution in [1.82, 2.24) is 10.6 Å². The van der Waals surface area contributed by atoms with E-state index in [4.69, 9.17) is 0 Å². The highest BCUT2D eigenvalue weighted by atomic mass is 127. The van der Waals surface area contributed by atoms with Gasteiger partial charge in [0.25, 0.3) is 0 Å². The molecule has 0 heterocycles. The van der Waals surface area contributed by atoms with E-state index in [1.165, 1.54) is 17.5 Å². The van der Waals surface area contributed by atoms with Gasteiger partial charge < -0.3 is 10.6 Å². The summed E-state index contributed by atoms with van der Waals surface area (Å²) in [5.74, 6) is 1.69. The van der Waals surface area contributed by atoms with E-state index in [1.54, 1.807) is 0 Å². The molecule has 0 bridgehead atoms. The van der Waals surface area contributed by atoms with Crippen LogP contribution in [0, 0.1) is 12.8 Å². The zero-order valence-electron chi connectivity index (χ0n) is 11.2. The molecule has 1 aromatic rings. The van der Waals surface area contributed by atoms with Gasteiger partial charge in [0.15, 0.2) is 5.96 Å². The molecule has 0 aromatic heterocycles. The molecule has 1 aliphatic carbocycles. The number of nitrogens with one attached hydrogen (secondary N) is 2. The molecule has 2 N–H and O–H groups in total. The van der Waals surface area contributed by atoms with Crippen LogP contribution in [0.5, 0.6) is 0 Å². The van der Waals surface area contributed by atoms with Crippen molar-refractivity contribution in [3.63, 3.8) is 0 Å². The highest BCUT2D eigenvalue weighted by Gasteiger charge is 2.33. The van der Waals surface area contributed by atoms with Crippen molar-refractivity contribution < 1.29 is 0 Å². The maximum atomic E-state index is 4.24. The van der Waals surface area contributed by atoms with Gasteiger partial charge in [-0.2, -0.15) is 0 Å². The molecule has 2 rings (SSSR count). The van der Waals surface area contributed by atoms with Crippen molar-refractivity contribution in [2.75, 3.05) is 7.05 Å². The third kappa shape index (κ3) is 4.15. The lowest BCUT2D eigenvalue weighted by atomic mass is 10.1. The highest BCUT2D eigenvalue weighted by molar-refractivity contribution is 14.0. The fourth-order valence-corrected chi connectivity index (χ4v) is 1.88. The Morgan fingerprint density at radius 3 is 2.61 bits per heavy atom. The Morgan fingerprint density at radius 2 is 2.06 bits per heavy atom. The molecule has 2 unspecified atom stereocenters. The number of aliphatic imine (C=N–C) groups is 1. The average Bonchev–Trinajstić information content (AvgIpc) is 3.02. The van der Waals surface area contributed by atoms with E-state index in [0.717, 1.165) is 18.4 Å². The summed E-state index contributed by atoms with van der Waals surface area (Å²) in [4.78, 5) is 4.24. The summed E-state index contributed by atoms with van der Waals surface area (Å²) in [5.41, 5.74) is 2.63. The molecule has 1 fully saturated rings. The Morgan fingerprint density at radius 1 is 1.39 bits per heavy atom. The van der Waals surface area contributed by atoms with Gasteiger partial charge in [-0.1, -0.05) is 31.2 Å². The molecule has 0 aliphatic heterocycles. The second-order valence-corrected chi connectivity index (χ2v) is 4.82. The fourth-order valence-electron chi connectivity index (χ4n) is 1.88. The van der Waals surface area contributed by atoms with Crippen molar-refractivity contribution in [1.29, 1.82) is 0 Å². The maximum Gasteiger partial charge on any atom is 0.191 e. The molecular weight excluding hydrogens is 337 g/mol. The molecule has 0 spiro atoms. The van der Waals surface area contributed by atoms with Crippen LogP contribution in [0.3, 0.4) is 0 Å². The molecule has 0 saturated heterocycles. The Balaban J connectivity index is 0.00000162. The number of hydrogen-bond acceptors (Lipinski definition) is 1. The molecule has 3 nitrogen and oxygen atoms in total. The topological polar surface area (TPSA) is 36.4 Å². The molecular formula is C14H22IN3. The minimum absolute atomic E-state index is 0. The smallest absolute Gasteiger partial charge is 0.191 e. The van der Waals surface area contributed by atoms with Crippen LogP contribution >= 0.6 is 24.0 Å². The van der Waals surface area contributed by atoms with Crippen molar-refractivity contribution in [2.24, 2.45) is 10.9 Å². The van der Waals surface area contributed by atoms with Crippen LogP contribution in [-0.4, -0.2) is 19.0 Å². The lowest BCUT2D eigenvalue weighted by molar-refractivity contribution is 0.762. The van der Waals surface area contributed by atoms with Crippen LogP contribution in [0.4, 0.5) is 0 Å². The Bertz CT molecular complexity index is 417. The summed E-state index contributed by atoms with van der Waals surface area (Å²) in [5, 5.41) is 6.78. The Hall–Kier alpha value is -0.780.